The van der Waals surface area contributed by atoms with Gasteiger partial charge in [-0.1, -0.05) is 31.7 Å². The molecule has 0 spiro atoms. The number of carboxylic acid groups (broad SMARTS) is 1. The van der Waals surface area contributed by atoms with Crippen molar-refractivity contribution in [2.45, 2.75) is 20.1 Å². The summed E-state index contributed by atoms with van der Waals surface area (Å²) in [6.07, 6.45) is -0.499. The van der Waals surface area contributed by atoms with Crippen molar-refractivity contribution in [1.29, 1.82) is 6.69 Å². The number of anilines is 1. The number of aromatic hydroxyl groups is 1. The first-order valence-corrected chi connectivity index (χ1v) is 8.62. The monoisotopic (exact) mass is 505 g/mol. The van der Waals surface area contributed by atoms with Gasteiger partial charge in [-0.3, -0.25) is 24.9 Å². The summed E-state index contributed by atoms with van der Waals surface area (Å²) in [5.41, 5.74) is 1.65. The van der Waals surface area contributed by atoms with Gasteiger partial charge in [0, 0.05) is 6.85 Å². The Hall–Kier alpha value is -3.43. The lowest BCUT2D eigenvalue weighted by atomic mass is 10.3. The van der Waals surface area contributed by atoms with Crippen molar-refractivity contribution in [2.24, 2.45) is 5.10 Å². The number of aromatic nitrogens is 2. The van der Waals surface area contributed by atoms with Gasteiger partial charge in [0.15, 0.2) is 5.82 Å². The van der Waals surface area contributed by atoms with Crippen LogP contribution in [0, 0.1) is 11.3 Å². The van der Waals surface area contributed by atoms with E-state index in [1.54, 1.807) is 6.20 Å². The fourth-order valence-electron chi connectivity index (χ4n) is 1.52. The highest BCUT2D eigenvalue weighted by atomic mass is 79.9. The summed E-state index contributed by atoms with van der Waals surface area (Å²) in [7, 11) is 0. The van der Waals surface area contributed by atoms with E-state index in [0.29, 0.717) is 10.3 Å². The Kier molecular flexibility index (Phi) is 5.93. The van der Waals surface area contributed by atoms with Gasteiger partial charge in [-0.05, 0) is 28.1 Å². The minimum Gasteiger partial charge on any atom is -0.505 e. The van der Waals surface area contributed by atoms with Gasteiger partial charge >= 0.3 is 6.09 Å². The molecule has 2 aliphatic heterocycles. The summed E-state index contributed by atoms with van der Waals surface area (Å²) in [6, 6.07) is 4.21. The molecule has 2 heterocycles. The number of phenols is 1. The molecular formula is C17H16BrClN6O5. The Bertz CT molecular complexity index is 1280. The fourth-order valence-corrected chi connectivity index (χ4v) is 2.31. The number of amides is 2. The number of rotatable bonds is 4. The largest absolute Gasteiger partial charge is 0.505 e. The van der Waals surface area contributed by atoms with E-state index in [0.717, 1.165) is 0 Å². The van der Waals surface area contributed by atoms with Crippen LogP contribution in [-0.4, -0.2) is 38.9 Å². The number of hydrazone groups is 1. The van der Waals surface area contributed by atoms with E-state index in [9.17, 15) is 14.4 Å². The Morgan fingerprint density at radius 1 is 1.57 bits per heavy atom. The van der Waals surface area contributed by atoms with Crippen molar-refractivity contribution < 1.29 is 28.0 Å². The molecule has 3 rings (SSSR count). The van der Waals surface area contributed by atoms with Gasteiger partial charge in [-0.2, -0.15) is 10.4 Å². The Labute approximate surface area is 193 Å². The zero-order valence-electron chi connectivity index (χ0n) is 21.6. The summed E-state index contributed by atoms with van der Waals surface area (Å²) >= 11 is 8.93. The average molecular weight is 507 g/mol. The number of hydrogen-bond donors (Lipinski definition) is 4. The van der Waals surface area contributed by atoms with Crippen molar-refractivity contribution in [3.8, 4) is 17.6 Å². The standard InChI is InChI=1S/C10H6BrClN4O4.C4H2N2O.C3H8/c11-5-1-4(2-6(12)8(5)17)15-16-7(3-13)9(18)14-10(19)20;7-4-1-5-3-2-6(3)4;1-3-2/h1-2,15,17H,(H,14,18)(H,19,20);1-2H;3H2,1-2H3/i;1D;1D2,2D3/hD. The summed E-state index contributed by atoms with van der Waals surface area (Å²) in [4.78, 5) is 35.6. The van der Waals surface area contributed by atoms with E-state index in [-0.39, 0.29) is 34.6 Å². The predicted molar refractivity (Wildman–Crippen MR) is 113 cm³/mol. The van der Waals surface area contributed by atoms with E-state index in [1.807, 2.05) is 0 Å². The zero-order chi connectivity index (χ0) is 28.5. The Balaban J connectivity index is 0.000000345. The molecule has 13 heteroatoms. The molecule has 1 aromatic carbocycles. The van der Waals surface area contributed by atoms with Gasteiger partial charge < -0.3 is 10.2 Å². The van der Waals surface area contributed by atoms with Gasteiger partial charge in [-0.25, -0.2) is 9.78 Å². The number of hydrogen-bond acceptors (Lipinski definition) is 8. The number of nitrogens with zero attached hydrogens (tertiary/aromatic N) is 4. The lowest BCUT2D eigenvalue weighted by Gasteiger charge is -2.05. The number of carbonyl (C=O) groups excluding carboxylic acids is 1. The van der Waals surface area contributed by atoms with Crippen LogP contribution in [0.4, 0.5) is 10.5 Å². The molecule has 11 nitrogen and oxygen atoms in total. The molecule has 0 atom stereocenters. The number of fused-ring (bicyclic) bond motifs is 1. The topological polar surface area (TPSA) is 170 Å². The smallest absolute Gasteiger partial charge is 0.411 e. The number of phenolic OH excluding ortho intramolecular Hbond substituents is 1. The molecule has 30 heavy (non-hydrogen) atoms. The van der Waals surface area contributed by atoms with Crippen LogP contribution in [0.3, 0.4) is 0 Å². The fraction of sp³-hybridized carbons (Fsp3) is 0.176. The molecular weight excluding hydrogens is 484 g/mol. The van der Waals surface area contributed by atoms with Crippen molar-refractivity contribution in [3.05, 3.63) is 44.4 Å². The minimum absolute atomic E-state index is 0.0790. The minimum atomic E-state index is -2.10. The summed E-state index contributed by atoms with van der Waals surface area (Å²) < 4.78 is 48.1. The number of benzene rings is 1. The third-order valence-electron chi connectivity index (χ3n) is 2.75. The van der Waals surface area contributed by atoms with Crippen molar-refractivity contribution in [1.82, 2.24) is 14.9 Å². The van der Waals surface area contributed by atoms with Crippen molar-refractivity contribution >= 4 is 50.9 Å². The van der Waals surface area contributed by atoms with Crippen LogP contribution in [0.5, 0.6) is 5.75 Å². The van der Waals surface area contributed by atoms with Crippen LogP contribution in [0.25, 0.3) is 5.82 Å². The van der Waals surface area contributed by atoms with Crippen LogP contribution >= 0.6 is 27.5 Å². The van der Waals surface area contributed by atoms with E-state index >= 15 is 0 Å². The molecule has 0 aromatic heterocycles. The number of imidazole rings is 1. The maximum atomic E-state index is 11.3. The first-order valence-electron chi connectivity index (χ1n) is 11.0. The average Bonchev–Trinajstić information content (AvgIpc) is 3.45. The second-order valence-corrected chi connectivity index (χ2v) is 6.06. The van der Waals surface area contributed by atoms with E-state index in [4.69, 9.17) is 31.6 Å². The predicted octanol–water partition coefficient (Wildman–Crippen LogP) is 2.86. The lowest BCUT2D eigenvalue weighted by molar-refractivity contribution is -0.114. The van der Waals surface area contributed by atoms with Crippen LogP contribution in [-0.2, 0) is 4.79 Å². The van der Waals surface area contributed by atoms with Gasteiger partial charge in [0.05, 0.1) is 28.9 Å². The second-order valence-electron chi connectivity index (χ2n) is 4.80. The molecule has 0 saturated carbocycles. The van der Waals surface area contributed by atoms with Crippen LogP contribution in [0.1, 0.15) is 28.4 Å². The summed E-state index contributed by atoms with van der Waals surface area (Å²) in [5.74, 6) is -0.468. The number of imide groups is 1. The van der Waals surface area contributed by atoms with Gasteiger partial charge in [0.25, 0.3) is 12.9 Å². The summed E-state index contributed by atoms with van der Waals surface area (Å²) in [5, 5.41) is 26.4. The zero-order valence-corrected chi connectivity index (χ0v) is 17.0. The van der Waals surface area contributed by atoms with Gasteiger partial charge in [-0.15, -0.1) is 0 Å². The maximum Gasteiger partial charge on any atom is 0.411 e. The van der Waals surface area contributed by atoms with Gasteiger partial charge in [0.1, 0.15) is 11.8 Å². The Morgan fingerprint density at radius 3 is 2.73 bits per heavy atom. The third-order valence-corrected chi connectivity index (χ3v) is 3.61. The van der Waals surface area contributed by atoms with Crippen LogP contribution in [0.2, 0.25) is 5.02 Å². The molecule has 0 bridgehead atoms. The van der Waals surface area contributed by atoms with E-state index < -0.39 is 31.4 Å². The van der Waals surface area contributed by atoms with E-state index in [2.05, 4.69) is 36.5 Å². The maximum absolute atomic E-state index is 11.3. The number of halogens is 2. The van der Waals surface area contributed by atoms with Crippen molar-refractivity contribution in [3.63, 3.8) is 0 Å². The van der Waals surface area contributed by atoms with Crippen molar-refractivity contribution in [2.75, 3.05) is 5.43 Å². The number of nitrogens with one attached hydrogen (secondary N) is 2. The van der Waals surface area contributed by atoms with Crippen LogP contribution in [0.15, 0.2) is 38.9 Å². The van der Waals surface area contributed by atoms with Gasteiger partial charge in [0.2, 0.25) is 5.71 Å². The molecule has 2 amide bonds. The quantitative estimate of drug-likeness (QED) is 0.238. The second kappa shape index (κ2) is 11.5. The molecule has 0 saturated heterocycles. The third kappa shape index (κ3) is 7.53. The normalized spacial score (nSPS) is 14.1. The van der Waals surface area contributed by atoms with E-state index in [1.165, 1.54) is 28.1 Å². The molecule has 158 valence electrons. The number of nitriles is 1. The number of carbonyl (C=O) groups is 2. The van der Waals surface area contributed by atoms with Crippen LogP contribution < -0.4 is 16.3 Å². The molecule has 0 radical (unpaired) electrons. The molecule has 0 aliphatic carbocycles. The molecule has 1 aromatic rings. The highest BCUT2D eigenvalue weighted by molar-refractivity contribution is 9.10. The SMILES string of the molecule is [2H]C([2H])CC([2H])([2H])[2H].[2H]Oc1c(Cl)cc(NN=C(C#N)C(=O)NC(=O)O)cc1Br.[2H]c1nc2cn-2c1=O. The molecule has 4 N–H and O–H groups in total. The Morgan fingerprint density at radius 2 is 2.33 bits per heavy atom. The highest BCUT2D eigenvalue weighted by Gasteiger charge is 2.14. The molecule has 0 fully saturated rings. The summed E-state index contributed by atoms with van der Waals surface area (Å²) in [6.45, 7) is -3.32. The lowest BCUT2D eigenvalue weighted by Crippen LogP contribution is -2.34. The first-order chi connectivity index (χ1) is 17.1. The first kappa shape index (κ1) is 15.4. The molecule has 0 unspecified atom stereocenters. The highest BCUT2D eigenvalue weighted by Crippen LogP contribution is 2.34. The molecule has 2 aliphatic rings.